The van der Waals surface area contributed by atoms with E-state index in [1.165, 1.54) is 6.07 Å². The van der Waals surface area contributed by atoms with Crippen LogP contribution in [0.2, 0.25) is 5.02 Å². The molecule has 0 saturated heterocycles. The van der Waals surface area contributed by atoms with Crippen molar-refractivity contribution < 1.29 is 14.3 Å². The zero-order chi connectivity index (χ0) is 15.9. The van der Waals surface area contributed by atoms with E-state index in [4.69, 9.17) is 16.7 Å². The van der Waals surface area contributed by atoms with Crippen LogP contribution in [0.3, 0.4) is 0 Å². The highest BCUT2D eigenvalue weighted by Crippen LogP contribution is 2.20. The monoisotopic (exact) mass is 322 g/mol. The summed E-state index contributed by atoms with van der Waals surface area (Å²) in [5.74, 6) is -0.654. The fourth-order valence-corrected chi connectivity index (χ4v) is 2.16. The first-order valence-corrected chi connectivity index (χ1v) is 7.15. The SMILES string of the molecule is O=C(NCCO)c1cccc(NCc2c(F)cccc2Cl)c1. The molecule has 0 atom stereocenters. The van der Waals surface area contributed by atoms with Crippen molar-refractivity contribution in [3.05, 3.63) is 64.4 Å². The Morgan fingerprint density at radius 1 is 1.23 bits per heavy atom. The molecule has 0 heterocycles. The Kier molecular flexibility index (Phi) is 5.75. The van der Waals surface area contributed by atoms with Crippen molar-refractivity contribution in [1.82, 2.24) is 5.32 Å². The second kappa shape index (κ2) is 7.77. The Morgan fingerprint density at radius 2 is 2.00 bits per heavy atom. The lowest BCUT2D eigenvalue weighted by Crippen LogP contribution is -2.26. The number of hydrogen-bond acceptors (Lipinski definition) is 3. The summed E-state index contributed by atoms with van der Waals surface area (Å²) in [5, 5.41) is 14.7. The van der Waals surface area contributed by atoms with Crippen LogP contribution >= 0.6 is 11.6 Å². The molecule has 0 aliphatic rings. The molecule has 22 heavy (non-hydrogen) atoms. The number of benzene rings is 2. The van der Waals surface area contributed by atoms with Gasteiger partial charge in [-0.3, -0.25) is 4.79 Å². The van der Waals surface area contributed by atoms with E-state index >= 15 is 0 Å². The van der Waals surface area contributed by atoms with Crippen LogP contribution in [0.15, 0.2) is 42.5 Å². The van der Waals surface area contributed by atoms with Gasteiger partial charge < -0.3 is 15.7 Å². The fourth-order valence-electron chi connectivity index (χ4n) is 1.93. The van der Waals surface area contributed by atoms with Crippen LogP contribution in [0, 0.1) is 5.82 Å². The smallest absolute Gasteiger partial charge is 0.251 e. The third-order valence-electron chi connectivity index (χ3n) is 3.05. The minimum atomic E-state index is -0.378. The molecular formula is C16H16ClFN2O2. The van der Waals surface area contributed by atoms with Gasteiger partial charge >= 0.3 is 0 Å². The van der Waals surface area contributed by atoms with Crippen LogP contribution in [-0.4, -0.2) is 24.2 Å². The van der Waals surface area contributed by atoms with Crippen LogP contribution in [-0.2, 0) is 6.54 Å². The van der Waals surface area contributed by atoms with E-state index in [9.17, 15) is 9.18 Å². The van der Waals surface area contributed by atoms with E-state index in [0.717, 1.165) is 0 Å². The summed E-state index contributed by atoms with van der Waals surface area (Å²) in [6, 6.07) is 11.3. The number of carbonyl (C=O) groups excluding carboxylic acids is 1. The maximum absolute atomic E-state index is 13.7. The number of carbonyl (C=O) groups is 1. The van der Waals surface area contributed by atoms with Gasteiger partial charge in [0, 0.05) is 34.9 Å². The normalized spacial score (nSPS) is 10.3. The van der Waals surface area contributed by atoms with E-state index in [2.05, 4.69) is 10.6 Å². The fraction of sp³-hybridized carbons (Fsp3) is 0.188. The molecule has 1 amide bonds. The molecule has 3 N–H and O–H groups in total. The Bertz CT molecular complexity index is 644. The molecule has 0 unspecified atom stereocenters. The Balaban J connectivity index is 2.06. The first kappa shape index (κ1) is 16.3. The highest BCUT2D eigenvalue weighted by atomic mass is 35.5. The van der Waals surface area contributed by atoms with Crippen molar-refractivity contribution in [2.24, 2.45) is 0 Å². The molecule has 2 aromatic rings. The van der Waals surface area contributed by atoms with Gasteiger partial charge in [0.2, 0.25) is 0 Å². The van der Waals surface area contributed by atoms with E-state index in [0.29, 0.717) is 21.8 Å². The molecule has 2 aromatic carbocycles. The number of aliphatic hydroxyl groups is 1. The topological polar surface area (TPSA) is 61.4 Å². The van der Waals surface area contributed by atoms with E-state index in [1.54, 1.807) is 36.4 Å². The van der Waals surface area contributed by atoms with Gasteiger partial charge in [-0.2, -0.15) is 0 Å². The van der Waals surface area contributed by atoms with Gasteiger partial charge in [-0.25, -0.2) is 4.39 Å². The minimum Gasteiger partial charge on any atom is -0.395 e. The lowest BCUT2D eigenvalue weighted by molar-refractivity contribution is 0.0945. The van der Waals surface area contributed by atoms with Gasteiger partial charge in [0.15, 0.2) is 0 Å². The van der Waals surface area contributed by atoms with Gasteiger partial charge in [-0.15, -0.1) is 0 Å². The van der Waals surface area contributed by atoms with Gasteiger partial charge in [0.05, 0.1) is 6.61 Å². The molecule has 0 aliphatic heterocycles. The van der Waals surface area contributed by atoms with E-state index in [1.807, 2.05) is 0 Å². The number of nitrogens with one attached hydrogen (secondary N) is 2. The molecule has 0 saturated carbocycles. The first-order chi connectivity index (χ1) is 10.6. The molecule has 2 rings (SSSR count). The highest BCUT2D eigenvalue weighted by Gasteiger charge is 2.08. The lowest BCUT2D eigenvalue weighted by Gasteiger charge is -2.10. The van der Waals surface area contributed by atoms with Crippen LogP contribution in [0.5, 0.6) is 0 Å². The van der Waals surface area contributed by atoms with Gasteiger partial charge in [0.1, 0.15) is 5.82 Å². The summed E-state index contributed by atoms with van der Waals surface area (Å²) >= 11 is 5.97. The van der Waals surface area contributed by atoms with Crippen LogP contribution in [0.25, 0.3) is 0 Å². The summed E-state index contributed by atoms with van der Waals surface area (Å²) in [5.41, 5.74) is 1.51. The highest BCUT2D eigenvalue weighted by molar-refractivity contribution is 6.31. The predicted octanol–water partition coefficient (Wildman–Crippen LogP) is 2.81. The largest absolute Gasteiger partial charge is 0.395 e. The third kappa shape index (κ3) is 4.19. The zero-order valence-electron chi connectivity index (χ0n) is 11.8. The van der Waals surface area contributed by atoms with E-state index in [-0.39, 0.29) is 31.4 Å². The molecule has 6 heteroatoms. The number of hydrogen-bond donors (Lipinski definition) is 3. The molecule has 0 spiro atoms. The molecule has 0 fully saturated rings. The lowest BCUT2D eigenvalue weighted by atomic mass is 10.1. The van der Waals surface area contributed by atoms with Gasteiger partial charge in [0.25, 0.3) is 5.91 Å². The third-order valence-corrected chi connectivity index (χ3v) is 3.41. The van der Waals surface area contributed by atoms with Crippen molar-refractivity contribution in [2.45, 2.75) is 6.54 Å². The standard InChI is InChI=1S/C16H16ClFN2O2/c17-14-5-2-6-15(18)13(14)10-20-12-4-1-3-11(9-12)16(22)19-7-8-21/h1-6,9,20-21H,7-8,10H2,(H,19,22). The van der Waals surface area contributed by atoms with Crippen molar-refractivity contribution in [1.29, 1.82) is 0 Å². The molecule has 0 radical (unpaired) electrons. The van der Waals surface area contributed by atoms with Crippen molar-refractivity contribution in [3.63, 3.8) is 0 Å². The second-order valence-electron chi connectivity index (χ2n) is 4.61. The molecule has 0 aromatic heterocycles. The number of anilines is 1. The molecule has 0 aliphatic carbocycles. The maximum atomic E-state index is 13.7. The van der Waals surface area contributed by atoms with Crippen LogP contribution in [0.4, 0.5) is 10.1 Å². The molecular weight excluding hydrogens is 307 g/mol. The van der Waals surface area contributed by atoms with Crippen molar-refractivity contribution in [2.75, 3.05) is 18.5 Å². The summed E-state index contributed by atoms with van der Waals surface area (Å²) in [4.78, 5) is 11.8. The number of aliphatic hydroxyl groups excluding tert-OH is 1. The Morgan fingerprint density at radius 3 is 2.73 bits per heavy atom. The van der Waals surface area contributed by atoms with Crippen molar-refractivity contribution in [3.8, 4) is 0 Å². The minimum absolute atomic E-state index is 0.116. The van der Waals surface area contributed by atoms with Crippen LogP contribution in [0.1, 0.15) is 15.9 Å². The van der Waals surface area contributed by atoms with Gasteiger partial charge in [-0.1, -0.05) is 23.7 Å². The van der Waals surface area contributed by atoms with E-state index < -0.39 is 0 Å². The molecule has 0 bridgehead atoms. The average molecular weight is 323 g/mol. The number of rotatable bonds is 6. The maximum Gasteiger partial charge on any atom is 0.251 e. The molecule has 4 nitrogen and oxygen atoms in total. The number of halogens is 2. The average Bonchev–Trinajstić information content (AvgIpc) is 2.52. The molecule has 116 valence electrons. The van der Waals surface area contributed by atoms with Crippen LogP contribution < -0.4 is 10.6 Å². The Hall–Kier alpha value is -2.11. The summed E-state index contributed by atoms with van der Waals surface area (Å²) in [6.07, 6.45) is 0. The Labute approximate surface area is 132 Å². The zero-order valence-corrected chi connectivity index (χ0v) is 12.5. The summed E-state index contributed by atoms with van der Waals surface area (Å²) in [7, 11) is 0. The second-order valence-corrected chi connectivity index (χ2v) is 5.02. The predicted molar refractivity (Wildman–Crippen MR) is 84.6 cm³/mol. The summed E-state index contributed by atoms with van der Waals surface area (Å²) < 4.78 is 13.7. The number of amides is 1. The first-order valence-electron chi connectivity index (χ1n) is 6.77. The summed E-state index contributed by atoms with van der Waals surface area (Å²) in [6.45, 7) is 0.296. The van der Waals surface area contributed by atoms with Gasteiger partial charge in [-0.05, 0) is 30.3 Å². The van der Waals surface area contributed by atoms with Crippen molar-refractivity contribution >= 4 is 23.2 Å². The quantitative estimate of drug-likeness (QED) is 0.766.